The smallest absolute Gasteiger partial charge is 0.0355 e. The second-order valence-electron chi connectivity index (χ2n) is 8.19. The summed E-state index contributed by atoms with van der Waals surface area (Å²) in [4.78, 5) is 2.64. The first-order valence-corrected chi connectivity index (χ1v) is 12.5. The van der Waals surface area contributed by atoms with Crippen molar-refractivity contribution >= 4 is 65.8 Å². The molecular formula is C30H18S2. The van der Waals surface area contributed by atoms with E-state index in [9.17, 15) is 0 Å². The molecule has 5 aromatic carbocycles. The lowest BCUT2D eigenvalue weighted by atomic mass is 9.88. The van der Waals surface area contributed by atoms with Crippen molar-refractivity contribution in [1.29, 1.82) is 0 Å². The molecule has 0 aliphatic heterocycles. The van der Waals surface area contributed by atoms with Crippen molar-refractivity contribution in [3.63, 3.8) is 0 Å². The van der Waals surface area contributed by atoms with Crippen LogP contribution < -0.4 is 0 Å². The quantitative estimate of drug-likeness (QED) is 0.185. The SMILES string of the molecule is c1csc(-c2cc3cc4ccccc4c(-c4cccs4)c3c3cc4ccccc4cc23)c1. The van der Waals surface area contributed by atoms with E-state index >= 15 is 0 Å². The summed E-state index contributed by atoms with van der Waals surface area (Å²) in [6, 6.07) is 35.9. The minimum atomic E-state index is 1.29. The summed E-state index contributed by atoms with van der Waals surface area (Å²) < 4.78 is 0. The number of hydrogen-bond donors (Lipinski definition) is 0. The van der Waals surface area contributed by atoms with Gasteiger partial charge in [-0.05, 0) is 90.2 Å². The van der Waals surface area contributed by atoms with Crippen molar-refractivity contribution in [3.8, 4) is 20.9 Å². The van der Waals surface area contributed by atoms with Crippen LogP contribution >= 0.6 is 22.7 Å². The number of benzene rings is 5. The Morgan fingerprint density at radius 3 is 1.81 bits per heavy atom. The van der Waals surface area contributed by atoms with Crippen molar-refractivity contribution < 1.29 is 0 Å². The largest absolute Gasteiger partial charge is 0.144 e. The predicted octanol–water partition coefficient (Wildman–Crippen LogP) is 9.76. The van der Waals surface area contributed by atoms with Gasteiger partial charge < -0.3 is 0 Å². The van der Waals surface area contributed by atoms with E-state index in [1.807, 2.05) is 22.7 Å². The van der Waals surface area contributed by atoms with E-state index < -0.39 is 0 Å². The Kier molecular flexibility index (Phi) is 3.98. The molecule has 2 heterocycles. The Bertz CT molecular complexity index is 1750. The lowest BCUT2D eigenvalue weighted by Gasteiger charge is -2.16. The lowest BCUT2D eigenvalue weighted by molar-refractivity contribution is 1.76. The van der Waals surface area contributed by atoms with Gasteiger partial charge >= 0.3 is 0 Å². The molecule has 2 heteroatoms. The summed E-state index contributed by atoms with van der Waals surface area (Å²) in [5, 5.41) is 14.9. The van der Waals surface area contributed by atoms with Gasteiger partial charge in [0.25, 0.3) is 0 Å². The summed E-state index contributed by atoms with van der Waals surface area (Å²) in [5.41, 5.74) is 2.67. The van der Waals surface area contributed by atoms with Crippen LogP contribution in [0.4, 0.5) is 0 Å². The van der Waals surface area contributed by atoms with E-state index in [1.165, 1.54) is 64.0 Å². The van der Waals surface area contributed by atoms with Gasteiger partial charge in [-0.15, -0.1) is 22.7 Å². The second-order valence-corrected chi connectivity index (χ2v) is 10.1. The monoisotopic (exact) mass is 442 g/mol. The molecule has 32 heavy (non-hydrogen) atoms. The number of fused-ring (bicyclic) bond motifs is 5. The molecule has 0 saturated heterocycles. The lowest BCUT2D eigenvalue weighted by Crippen LogP contribution is -1.89. The molecule has 0 spiro atoms. The van der Waals surface area contributed by atoms with E-state index in [1.54, 1.807) is 0 Å². The van der Waals surface area contributed by atoms with Crippen LogP contribution in [0.2, 0.25) is 0 Å². The highest BCUT2D eigenvalue weighted by atomic mass is 32.1. The topological polar surface area (TPSA) is 0 Å². The van der Waals surface area contributed by atoms with Crippen LogP contribution in [0.3, 0.4) is 0 Å². The van der Waals surface area contributed by atoms with Crippen molar-refractivity contribution in [2.24, 2.45) is 0 Å². The normalized spacial score (nSPS) is 11.8. The van der Waals surface area contributed by atoms with E-state index in [0.29, 0.717) is 0 Å². The molecule has 0 saturated carbocycles. The maximum Gasteiger partial charge on any atom is 0.0355 e. The maximum absolute atomic E-state index is 2.40. The fourth-order valence-electron chi connectivity index (χ4n) is 4.99. The Labute approximate surface area is 194 Å². The van der Waals surface area contributed by atoms with Gasteiger partial charge in [0.1, 0.15) is 0 Å². The minimum absolute atomic E-state index is 1.29. The van der Waals surface area contributed by atoms with Gasteiger partial charge in [-0.3, -0.25) is 0 Å². The first kappa shape index (κ1) is 18.1. The molecule has 0 bridgehead atoms. The van der Waals surface area contributed by atoms with Crippen LogP contribution in [0.15, 0.2) is 108 Å². The van der Waals surface area contributed by atoms with Crippen LogP contribution in [-0.4, -0.2) is 0 Å². The molecule has 0 aliphatic carbocycles. The minimum Gasteiger partial charge on any atom is -0.144 e. The number of thiophene rings is 2. The summed E-state index contributed by atoms with van der Waals surface area (Å²) >= 11 is 3.63. The predicted molar refractivity (Wildman–Crippen MR) is 143 cm³/mol. The standard InChI is InChI=1S/C30H18S2/c1-2-8-20-17-26-24(16-19(20)7-1)25(27-11-5-13-31-27)18-22-15-21-9-3-4-10-23(21)30(29(22)26)28-12-6-14-32-28/h1-18H. The summed E-state index contributed by atoms with van der Waals surface area (Å²) in [5.74, 6) is 0. The summed E-state index contributed by atoms with van der Waals surface area (Å²) in [6.07, 6.45) is 0. The first-order chi connectivity index (χ1) is 15.9. The third-order valence-electron chi connectivity index (χ3n) is 6.38. The van der Waals surface area contributed by atoms with Crippen LogP contribution in [0, 0.1) is 0 Å². The van der Waals surface area contributed by atoms with Crippen molar-refractivity contribution in [1.82, 2.24) is 0 Å². The summed E-state index contributed by atoms with van der Waals surface area (Å²) in [7, 11) is 0. The molecule has 2 aromatic heterocycles. The fourth-order valence-corrected chi connectivity index (χ4v) is 6.54. The molecule has 7 rings (SSSR count). The van der Waals surface area contributed by atoms with Crippen molar-refractivity contribution in [3.05, 3.63) is 108 Å². The Hall–Kier alpha value is -3.46. The molecule has 0 nitrogen and oxygen atoms in total. The third-order valence-corrected chi connectivity index (χ3v) is 8.17. The average Bonchev–Trinajstić information content (AvgIpc) is 3.56. The molecule has 0 atom stereocenters. The number of hydrogen-bond acceptors (Lipinski definition) is 2. The van der Waals surface area contributed by atoms with Gasteiger partial charge in [0.15, 0.2) is 0 Å². The molecule has 0 radical (unpaired) electrons. The highest BCUT2D eigenvalue weighted by molar-refractivity contribution is 7.14. The molecule has 150 valence electrons. The van der Waals surface area contributed by atoms with Gasteiger partial charge in [0.2, 0.25) is 0 Å². The van der Waals surface area contributed by atoms with E-state index in [4.69, 9.17) is 0 Å². The molecule has 0 N–H and O–H groups in total. The van der Waals surface area contributed by atoms with Crippen molar-refractivity contribution in [2.45, 2.75) is 0 Å². The molecule has 0 fully saturated rings. The molecule has 0 aliphatic rings. The Morgan fingerprint density at radius 1 is 0.438 bits per heavy atom. The van der Waals surface area contributed by atoms with Crippen LogP contribution in [0.25, 0.3) is 64.0 Å². The van der Waals surface area contributed by atoms with Gasteiger partial charge in [0.05, 0.1) is 0 Å². The molecular weight excluding hydrogens is 424 g/mol. The first-order valence-electron chi connectivity index (χ1n) is 10.8. The third kappa shape index (κ3) is 2.67. The molecule has 7 aromatic rings. The maximum atomic E-state index is 2.40. The summed E-state index contributed by atoms with van der Waals surface area (Å²) in [6.45, 7) is 0. The van der Waals surface area contributed by atoms with Crippen LogP contribution in [-0.2, 0) is 0 Å². The zero-order valence-corrected chi connectivity index (χ0v) is 18.8. The van der Waals surface area contributed by atoms with Crippen LogP contribution in [0.1, 0.15) is 0 Å². The van der Waals surface area contributed by atoms with Crippen LogP contribution in [0.5, 0.6) is 0 Å². The fraction of sp³-hybridized carbons (Fsp3) is 0. The average molecular weight is 443 g/mol. The molecule has 0 amide bonds. The Morgan fingerprint density at radius 2 is 1.09 bits per heavy atom. The zero-order valence-electron chi connectivity index (χ0n) is 17.2. The van der Waals surface area contributed by atoms with Gasteiger partial charge in [-0.1, -0.05) is 60.7 Å². The van der Waals surface area contributed by atoms with E-state index in [-0.39, 0.29) is 0 Å². The van der Waals surface area contributed by atoms with Crippen molar-refractivity contribution in [2.75, 3.05) is 0 Å². The highest BCUT2D eigenvalue weighted by Crippen LogP contribution is 2.45. The van der Waals surface area contributed by atoms with Gasteiger partial charge in [-0.25, -0.2) is 0 Å². The van der Waals surface area contributed by atoms with E-state index in [2.05, 4.69) is 108 Å². The molecule has 0 unspecified atom stereocenters. The zero-order chi connectivity index (χ0) is 21.1. The Balaban J connectivity index is 1.78. The van der Waals surface area contributed by atoms with Gasteiger partial charge in [-0.2, -0.15) is 0 Å². The van der Waals surface area contributed by atoms with E-state index in [0.717, 1.165) is 0 Å². The number of rotatable bonds is 2. The van der Waals surface area contributed by atoms with Gasteiger partial charge in [0, 0.05) is 20.9 Å². The highest BCUT2D eigenvalue weighted by Gasteiger charge is 2.17. The second kappa shape index (κ2) is 7.03.